The molecule has 2 aromatic rings. The maximum absolute atomic E-state index is 13.5. The van der Waals surface area contributed by atoms with E-state index in [4.69, 9.17) is 11.6 Å². The summed E-state index contributed by atoms with van der Waals surface area (Å²) in [4.78, 5) is 28.4. The average Bonchev–Trinajstić information content (AvgIpc) is 3.31. The first-order chi connectivity index (χ1) is 15.9. The topological polar surface area (TPSA) is 49.4 Å². The molecular weight excluding hydrogens is 432 g/mol. The minimum atomic E-state index is -0.502. The number of hydrogen-bond donors (Lipinski definition) is 1. The Labute approximate surface area is 203 Å². The Hall–Kier alpha value is -2.33. The molecule has 0 unspecified atom stereocenters. The van der Waals surface area contributed by atoms with E-state index < -0.39 is 6.04 Å². The van der Waals surface area contributed by atoms with E-state index in [9.17, 15) is 9.59 Å². The number of halogens is 1. The molecule has 2 aromatic carbocycles. The van der Waals surface area contributed by atoms with Gasteiger partial charge < -0.3 is 10.2 Å². The zero-order valence-electron chi connectivity index (χ0n) is 20.1. The standard InChI is InChI=1S/C28H37ClN2O2/c1-4-26(28(33)30-24-10-6-7-11-24)31(19-23-9-5-8-12-25(23)29)27(32)18-15-21-13-16-22(17-14-21)20(2)3/h5,8-9,12-14,16-17,20,24,26H,4,6-7,10-11,15,18-19H2,1-3H3,(H,30,33)/t26-/m1/s1. The molecule has 0 spiro atoms. The van der Waals surface area contributed by atoms with E-state index in [2.05, 4.69) is 43.4 Å². The maximum Gasteiger partial charge on any atom is 0.243 e. The van der Waals surface area contributed by atoms with Crippen molar-refractivity contribution in [3.8, 4) is 0 Å². The van der Waals surface area contributed by atoms with Crippen LogP contribution >= 0.6 is 11.6 Å². The molecule has 1 aliphatic carbocycles. The fourth-order valence-electron chi connectivity index (χ4n) is 4.56. The summed E-state index contributed by atoms with van der Waals surface area (Å²) in [5.41, 5.74) is 3.29. The highest BCUT2D eigenvalue weighted by Crippen LogP contribution is 2.23. The van der Waals surface area contributed by atoms with Gasteiger partial charge in [0.1, 0.15) is 6.04 Å². The van der Waals surface area contributed by atoms with Crippen molar-refractivity contribution in [1.29, 1.82) is 0 Å². The van der Waals surface area contributed by atoms with E-state index in [1.165, 1.54) is 5.56 Å². The van der Waals surface area contributed by atoms with Crippen LogP contribution in [0, 0.1) is 0 Å². The van der Waals surface area contributed by atoms with Crippen LogP contribution in [0.2, 0.25) is 5.02 Å². The van der Waals surface area contributed by atoms with Crippen LogP contribution in [0.25, 0.3) is 0 Å². The van der Waals surface area contributed by atoms with Crippen molar-refractivity contribution in [2.75, 3.05) is 0 Å². The number of hydrogen-bond acceptors (Lipinski definition) is 2. The zero-order valence-corrected chi connectivity index (χ0v) is 20.9. The Morgan fingerprint density at radius 2 is 1.73 bits per heavy atom. The van der Waals surface area contributed by atoms with E-state index >= 15 is 0 Å². The minimum Gasteiger partial charge on any atom is -0.352 e. The highest BCUT2D eigenvalue weighted by molar-refractivity contribution is 6.31. The Balaban J connectivity index is 1.74. The molecule has 33 heavy (non-hydrogen) atoms. The SMILES string of the molecule is CC[C@H](C(=O)NC1CCCC1)N(Cc1ccccc1Cl)C(=O)CCc1ccc(C(C)C)cc1. The van der Waals surface area contributed by atoms with Gasteiger partial charge in [-0.1, -0.05) is 87.7 Å². The van der Waals surface area contributed by atoms with Crippen LogP contribution in [0.4, 0.5) is 0 Å². The van der Waals surface area contributed by atoms with Gasteiger partial charge in [-0.25, -0.2) is 0 Å². The molecule has 178 valence electrons. The third kappa shape index (κ3) is 7.07. The predicted molar refractivity (Wildman–Crippen MR) is 135 cm³/mol. The first kappa shape index (κ1) is 25.3. The Bertz CT molecular complexity index is 920. The molecule has 5 heteroatoms. The molecule has 0 bridgehead atoms. The number of amides is 2. The van der Waals surface area contributed by atoms with Crippen molar-refractivity contribution in [2.45, 2.75) is 90.3 Å². The summed E-state index contributed by atoms with van der Waals surface area (Å²) in [6.45, 7) is 6.65. The molecule has 2 amide bonds. The molecule has 0 heterocycles. The smallest absolute Gasteiger partial charge is 0.243 e. The van der Waals surface area contributed by atoms with Crippen LogP contribution in [0.1, 0.15) is 81.9 Å². The van der Waals surface area contributed by atoms with Gasteiger partial charge in [0.25, 0.3) is 0 Å². The third-order valence-corrected chi connectivity index (χ3v) is 7.03. The number of rotatable bonds is 10. The molecule has 1 saturated carbocycles. The lowest BCUT2D eigenvalue weighted by molar-refractivity contribution is -0.141. The molecule has 1 aliphatic rings. The highest BCUT2D eigenvalue weighted by atomic mass is 35.5. The van der Waals surface area contributed by atoms with Crippen LogP contribution in [-0.4, -0.2) is 28.8 Å². The Morgan fingerprint density at radius 1 is 1.06 bits per heavy atom. The van der Waals surface area contributed by atoms with E-state index in [0.717, 1.165) is 36.8 Å². The summed E-state index contributed by atoms with van der Waals surface area (Å²) in [5.74, 6) is 0.415. The summed E-state index contributed by atoms with van der Waals surface area (Å²) in [7, 11) is 0. The summed E-state index contributed by atoms with van der Waals surface area (Å²) < 4.78 is 0. The Morgan fingerprint density at radius 3 is 2.33 bits per heavy atom. The molecule has 1 atom stereocenters. The Kier molecular flexibility index (Phi) is 9.37. The summed E-state index contributed by atoms with van der Waals surface area (Å²) in [6, 6.07) is 15.7. The average molecular weight is 469 g/mol. The molecule has 0 aliphatic heterocycles. The second-order valence-electron chi connectivity index (χ2n) is 9.42. The van der Waals surface area contributed by atoms with E-state index in [1.54, 1.807) is 4.90 Å². The molecule has 3 rings (SSSR count). The summed E-state index contributed by atoms with van der Waals surface area (Å²) >= 11 is 6.41. The molecular formula is C28H37ClN2O2. The van der Waals surface area contributed by atoms with Crippen molar-refractivity contribution >= 4 is 23.4 Å². The second kappa shape index (κ2) is 12.2. The number of nitrogens with one attached hydrogen (secondary N) is 1. The quantitative estimate of drug-likeness (QED) is 0.447. The summed E-state index contributed by atoms with van der Waals surface area (Å²) in [6.07, 6.45) is 5.92. The van der Waals surface area contributed by atoms with E-state index in [1.807, 2.05) is 31.2 Å². The number of carbonyl (C=O) groups is 2. The number of aryl methyl sites for hydroxylation is 1. The van der Waals surface area contributed by atoms with Crippen LogP contribution in [0.3, 0.4) is 0 Å². The van der Waals surface area contributed by atoms with Gasteiger partial charge in [-0.05, 0) is 54.4 Å². The van der Waals surface area contributed by atoms with Crippen LogP contribution < -0.4 is 5.32 Å². The van der Waals surface area contributed by atoms with E-state index in [0.29, 0.717) is 36.7 Å². The largest absolute Gasteiger partial charge is 0.352 e. The van der Waals surface area contributed by atoms with Gasteiger partial charge >= 0.3 is 0 Å². The number of carbonyl (C=O) groups excluding carboxylic acids is 2. The van der Waals surface area contributed by atoms with Gasteiger partial charge in [0.2, 0.25) is 11.8 Å². The van der Waals surface area contributed by atoms with Crippen molar-refractivity contribution in [1.82, 2.24) is 10.2 Å². The lowest BCUT2D eigenvalue weighted by Crippen LogP contribution is -2.51. The fraction of sp³-hybridized carbons (Fsp3) is 0.500. The first-order valence-corrected chi connectivity index (χ1v) is 12.7. The minimum absolute atomic E-state index is 0.0173. The van der Waals surface area contributed by atoms with Gasteiger partial charge in [0.05, 0.1) is 0 Å². The zero-order chi connectivity index (χ0) is 23.8. The first-order valence-electron chi connectivity index (χ1n) is 12.3. The molecule has 0 radical (unpaired) electrons. The van der Waals surface area contributed by atoms with Gasteiger partial charge in [0, 0.05) is 24.0 Å². The van der Waals surface area contributed by atoms with Crippen molar-refractivity contribution in [3.05, 3.63) is 70.2 Å². The van der Waals surface area contributed by atoms with E-state index in [-0.39, 0.29) is 17.9 Å². The van der Waals surface area contributed by atoms with Gasteiger partial charge in [-0.3, -0.25) is 9.59 Å². The number of benzene rings is 2. The maximum atomic E-state index is 13.5. The van der Waals surface area contributed by atoms with Crippen molar-refractivity contribution in [3.63, 3.8) is 0 Å². The third-order valence-electron chi connectivity index (χ3n) is 6.66. The fourth-order valence-corrected chi connectivity index (χ4v) is 4.76. The van der Waals surface area contributed by atoms with Crippen molar-refractivity contribution < 1.29 is 9.59 Å². The summed E-state index contributed by atoms with van der Waals surface area (Å²) in [5, 5.41) is 3.81. The second-order valence-corrected chi connectivity index (χ2v) is 9.83. The molecule has 0 aromatic heterocycles. The van der Waals surface area contributed by atoms with Crippen LogP contribution in [0.15, 0.2) is 48.5 Å². The lowest BCUT2D eigenvalue weighted by atomic mass is 10.00. The van der Waals surface area contributed by atoms with Gasteiger partial charge in [-0.15, -0.1) is 0 Å². The number of nitrogens with zero attached hydrogens (tertiary/aromatic N) is 1. The molecule has 1 N–H and O–H groups in total. The van der Waals surface area contributed by atoms with Crippen molar-refractivity contribution in [2.24, 2.45) is 0 Å². The van der Waals surface area contributed by atoms with Crippen LogP contribution in [-0.2, 0) is 22.6 Å². The highest BCUT2D eigenvalue weighted by Gasteiger charge is 2.30. The van der Waals surface area contributed by atoms with Gasteiger partial charge in [-0.2, -0.15) is 0 Å². The lowest BCUT2D eigenvalue weighted by Gasteiger charge is -2.32. The normalized spacial score (nSPS) is 14.9. The van der Waals surface area contributed by atoms with Gasteiger partial charge in [0.15, 0.2) is 0 Å². The monoisotopic (exact) mass is 468 g/mol. The molecule has 1 fully saturated rings. The molecule has 4 nitrogen and oxygen atoms in total. The predicted octanol–water partition coefficient (Wildman–Crippen LogP) is 6.26. The molecule has 0 saturated heterocycles. The van der Waals surface area contributed by atoms with Crippen LogP contribution in [0.5, 0.6) is 0 Å².